The van der Waals surface area contributed by atoms with E-state index in [1.54, 1.807) is 6.07 Å². The van der Waals surface area contributed by atoms with Crippen molar-refractivity contribution in [1.82, 2.24) is 0 Å². The van der Waals surface area contributed by atoms with Crippen molar-refractivity contribution in [3.63, 3.8) is 0 Å². The van der Waals surface area contributed by atoms with Gasteiger partial charge in [-0.2, -0.15) is 0 Å². The van der Waals surface area contributed by atoms with Crippen LogP contribution in [-0.2, 0) is 19.3 Å². The summed E-state index contributed by atoms with van der Waals surface area (Å²) >= 11 is 0. The third-order valence-corrected chi connectivity index (χ3v) is 4.42. The summed E-state index contributed by atoms with van der Waals surface area (Å²) < 4.78 is 14.0. The van der Waals surface area contributed by atoms with Crippen LogP contribution in [0.25, 0.3) is 11.6 Å². The predicted octanol–water partition coefficient (Wildman–Crippen LogP) is 5.44. The fraction of sp³-hybridized carbons (Fsp3) is 0.300. The fourth-order valence-electron chi connectivity index (χ4n) is 3.02. The Balaban J connectivity index is 1.97. The van der Waals surface area contributed by atoms with Crippen molar-refractivity contribution in [2.75, 3.05) is 0 Å². The average molecular weight is 280 g/mol. The Morgan fingerprint density at radius 2 is 1.71 bits per heavy atom. The van der Waals surface area contributed by atoms with Crippen LogP contribution in [0.2, 0.25) is 0 Å². The summed E-state index contributed by atoms with van der Waals surface area (Å²) in [6.45, 7) is 4.17. The molecule has 1 aliphatic carbocycles. The summed E-state index contributed by atoms with van der Waals surface area (Å²) in [5.41, 5.74) is 7.09. The van der Waals surface area contributed by atoms with Gasteiger partial charge >= 0.3 is 0 Å². The van der Waals surface area contributed by atoms with Gasteiger partial charge in [0.05, 0.1) is 0 Å². The van der Waals surface area contributed by atoms with Crippen LogP contribution in [-0.4, -0.2) is 0 Å². The molecule has 0 aliphatic heterocycles. The molecule has 0 bridgehead atoms. The predicted molar refractivity (Wildman–Crippen MR) is 87.8 cm³/mol. The zero-order valence-electron chi connectivity index (χ0n) is 12.7. The summed E-state index contributed by atoms with van der Waals surface area (Å²) in [6.07, 6.45) is 6.01. The molecule has 0 saturated carbocycles. The van der Waals surface area contributed by atoms with Gasteiger partial charge < -0.3 is 0 Å². The Kier molecular flexibility index (Phi) is 3.92. The highest BCUT2D eigenvalue weighted by molar-refractivity contribution is 5.84. The van der Waals surface area contributed by atoms with Crippen molar-refractivity contribution in [2.24, 2.45) is 0 Å². The fourth-order valence-corrected chi connectivity index (χ4v) is 3.02. The van der Waals surface area contributed by atoms with Crippen molar-refractivity contribution in [2.45, 2.75) is 39.5 Å². The maximum Gasteiger partial charge on any atom is 0.127 e. The normalized spacial score (nSPS) is 13.8. The van der Waals surface area contributed by atoms with Crippen LogP contribution in [0, 0.1) is 5.82 Å². The zero-order chi connectivity index (χ0) is 14.8. The van der Waals surface area contributed by atoms with E-state index in [1.807, 2.05) is 13.0 Å². The van der Waals surface area contributed by atoms with E-state index in [2.05, 4.69) is 37.3 Å². The quantitative estimate of drug-likeness (QED) is 0.702. The van der Waals surface area contributed by atoms with Gasteiger partial charge in [-0.25, -0.2) is 4.39 Å². The molecule has 0 aromatic heterocycles. The van der Waals surface area contributed by atoms with Gasteiger partial charge in [-0.3, -0.25) is 0 Å². The van der Waals surface area contributed by atoms with Gasteiger partial charge in [-0.15, -0.1) is 0 Å². The highest BCUT2D eigenvalue weighted by atomic mass is 19.1. The second-order valence-electron chi connectivity index (χ2n) is 5.72. The minimum Gasteiger partial charge on any atom is -0.207 e. The number of fused-ring (bicyclic) bond motifs is 1. The zero-order valence-corrected chi connectivity index (χ0v) is 12.7. The van der Waals surface area contributed by atoms with Gasteiger partial charge in [0.2, 0.25) is 0 Å². The first kappa shape index (κ1) is 14.1. The van der Waals surface area contributed by atoms with E-state index in [0.717, 1.165) is 36.8 Å². The standard InChI is InChI=1S/C20H21F/c1-3-14-5-7-16(8-6-14)17-9-10-18-11-15(4-2)20(21)13-19(18)12-17/h5-8,11-13H,3-4,9-10H2,1-2H3. The van der Waals surface area contributed by atoms with Crippen molar-refractivity contribution < 1.29 is 4.39 Å². The molecule has 21 heavy (non-hydrogen) atoms. The lowest BCUT2D eigenvalue weighted by molar-refractivity contribution is 0.610. The van der Waals surface area contributed by atoms with Gasteiger partial charge in [0.15, 0.2) is 0 Å². The molecule has 2 aromatic rings. The molecule has 0 fully saturated rings. The van der Waals surface area contributed by atoms with Crippen molar-refractivity contribution >= 4 is 11.6 Å². The number of hydrogen-bond donors (Lipinski definition) is 0. The van der Waals surface area contributed by atoms with E-state index in [4.69, 9.17) is 0 Å². The molecule has 0 amide bonds. The van der Waals surface area contributed by atoms with Crippen molar-refractivity contribution in [3.8, 4) is 0 Å². The first-order valence-corrected chi connectivity index (χ1v) is 7.82. The smallest absolute Gasteiger partial charge is 0.127 e. The molecule has 108 valence electrons. The highest BCUT2D eigenvalue weighted by Gasteiger charge is 2.14. The lowest BCUT2D eigenvalue weighted by Crippen LogP contribution is -2.02. The molecule has 0 unspecified atom stereocenters. The second-order valence-corrected chi connectivity index (χ2v) is 5.72. The molecule has 0 N–H and O–H groups in total. The molecule has 1 heteroatoms. The van der Waals surface area contributed by atoms with E-state index in [-0.39, 0.29) is 5.82 Å². The molecule has 2 aromatic carbocycles. The van der Waals surface area contributed by atoms with Crippen LogP contribution in [0.3, 0.4) is 0 Å². The van der Waals surface area contributed by atoms with Crippen LogP contribution in [0.1, 0.15) is 48.1 Å². The Bertz CT molecular complexity index is 678. The van der Waals surface area contributed by atoms with Gasteiger partial charge in [0, 0.05) is 0 Å². The van der Waals surface area contributed by atoms with Crippen LogP contribution in [0.15, 0.2) is 36.4 Å². The summed E-state index contributed by atoms with van der Waals surface area (Å²) in [5, 5.41) is 0. The number of halogens is 1. The summed E-state index contributed by atoms with van der Waals surface area (Å²) in [6, 6.07) is 12.5. The number of hydrogen-bond acceptors (Lipinski definition) is 0. The topological polar surface area (TPSA) is 0 Å². The molecule has 0 saturated heterocycles. The molecule has 0 nitrogen and oxygen atoms in total. The molecular formula is C20H21F. The maximum atomic E-state index is 14.0. The Morgan fingerprint density at radius 3 is 2.38 bits per heavy atom. The molecule has 0 heterocycles. The van der Waals surface area contributed by atoms with Gasteiger partial charge in [-0.05, 0) is 65.1 Å². The van der Waals surface area contributed by atoms with Crippen molar-refractivity contribution in [1.29, 1.82) is 0 Å². The van der Waals surface area contributed by atoms with Crippen LogP contribution in [0.5, 0.6) is 0 Å². The third-order valence-electron chi connectivity index (χ3n) is 4.42. The average Bonchev–Trinajstić information content (AvgIpc) is 2.53. The molecular weight excluding hydrogens is 259 g/mol. The minimum absolute atomic E-state index is 0.0740. The lowest BCUT2D eigenvalue weighted by atomic mass is 9.87. The first-order valence-electron chi connectivity index (χ1n) is 7.82. The summed E-state index contributed by atoms with van der Waals surface area (Å²) in [7, 11) is 0. The molecule has 0 radical (unpaired) electrons. The Labute approximate surface area is 126 Å². The van der Waals surface area contributed by atoms with Crippen molar-refractivity contribution in [3.05, 3.63) is 70.0 Å². The highest BCUT2D eigenvalue weighted by Crippen LogP contribution is 2.32. The van der Waals surface area contributed by atoms with Gasteiger partial charge in [0.25, 0.3) is 0 Å². The van der Waals surface area contributed by atoms with E-state index < -0.39 is 0 Å². The van der Waals surface area contributed by atoms with E-state index in [0.29, 0.717) is 0 Å². The van der Waals surface area contributed by atoms with Crippen LogP contribution in [0.4, 0.5) is 4.39 Å². The molecule has 1 aliphatic rings. The number of rotatable bonds is 3. The second kappa shape index (κ2) is 5.85. The SMILES string of the molecule is CCc1ccc(C2=Cc3cc(F)c(CC)cc3CC2)cc1. The van der Waals surface area contributed by atoms with Crippen LogP contribution < -0.4 is 0 Å². The van der Waals surface area contributed by atoms with Gasteiger partial charge in [-0.1, -0.05) is 50.3 Å². The molecule has 0 spiro atoms. The minimum atomic E-state index is -0.0740. The molecule has 3 rings (SSSR count). The molecule has 0 atom stereocenters. The number of allylic oxidation sites excluding steroid dienone is 1. The largest absolute Gasteiger partial charge is 0.207 e. The number of aryl methyl sites for hydroxylation is 3. The summed E-state index contributed by atoms with van der Waals surface area (Å²) in [4.78, 5) is 0. The third kappa shape index (κ3) is 2.78. The first-order chi connectivity index (χ1) is 10.2. The monoisotopic (exact) mass is 280 g/mol. The Hall–Kier alpha value is -1.89. The van der Waals surface area contributed by atoms with E-state index in [1.165, 1.54) is 22.3 Å². The van der Waals surface area contributed by atoms with Crippen LogP contribution >= 0.6 is 0 Å². The van der Waals surface area contributed by atoms with E-state index in [9.17, 15) is 4.39 Å². The Morgan fingerprint density at radius 1 is 0.952 bits per heavy atom. The maximum absolute atomic E-state index is 14.0. The lowest BCUT2D eigenvalue weighted by Gasteiger charge is -2.18. The summed E-state index contributed by atoms with van der Waals surface area (Å²) in [5.74, 6) is -0.0740. The number of benzene rings is 2. The van der Waals surface area contributed by atoms with Gasteiger partial charge in [0.1, 0.15) is 5.82 Å². The van der Waals surface area contributed by atoms with E-state index >= 15 is 0 Å².